The summed E-state index contributed by atoms with van der Waals surface area (Å²) in [4.78, 5) is 51.2. The van der Waals surface area contributed by atoms with Crippen LogP contribution in [0.25, 0.3) is 0 Å². The molecule has 3 amide bonds. The van der Waals surface area contributed by atoms with E-state index in [0.29, 0.717) is 17.3 Å². The van der Waals surface area contributed by atoms with Gasteiger partial charge in [0.05, 0.1) is 6.04 Å². The Labute approximate surface area is 202 Å². The van der Waals surface area contributed by atoms with Crippen LogP contribution in [-0.4, -0.2) is 41.0 Å². The van der Waals surface area contributed by atoms with E-state index in [1.807, 2.05) is 38.1 Å². The van der Waals surface area contributed by atoms with E-state index in [1.165, 1.54) is 16.5 Å². The molecule has 0 aromatic heterocycles. The van der Waals surface area contributed by atoms with Crippen molar-refractivity contribution >= 4 is 29.2 Å². The predicted molar refractivity (Wildman–Crippen MR) is 134 cm³/mol. The third-order valence-electron chi connectivity index (χ3n) is 5.74. The molecule has 0 bridgehead atoms. The van der Waals surface area contributed by atoms with Crippen molar-refractivity contribution in [3.8, 4) is 0 Å². The first-order valence-electron chi connectivity index (χ1n) is 11.9. The van der Waals surface area contributed by atoms with Gasteiger partial charge in [0, 0.05) is 42.8 Å². The van der Waals surface area contributed by atoms with E-state index in [2.05, 4.69) is 31.1 Å². The van der Waals surface area contributed by atoms with E-state index in [-0.39, 0.29) is 48.8 Å². The van der Waals surface area contributed by atoms with Crippen LogP contribution in [0.5, 0.6) is 0 Å². The van der Waals surface area contributed by atoms with Crippen LogP contribution in [0, 0.1) is 17.8 Å². The van der Waals surface area contributed by atoms with Crippen LogP contribution in [0.4, 0.5) is 5.69 Å². The van der Waals surface area contributed by atoms with Gasteiger partial charge in [0.2, 0.25) is 11.8 Å². The van der Waals surface area contributed by atoms with Crippen LogP contribution in [0.3, 0.4) is 0 Å². The molecule has 0 spiro atoms. The van der Waals surface area contributed by atoms with Crippen molar-refractivity contribution < 1.29 is 19.2 Å². The molecular weight excluding hydrogens is 430 g/mol. The molecule has 1 aliphatic heterocycles. The first-order chi connectivity index (χ1) is 16.0. The molecular formula is C27H37N3O4. The molecule has 2 atom stereocenters. The molecule has 0 fully saturated rings. The standard InChI is InChI=1S/C27H37N3O4/c1-17(2)15-21-8-10-22(11-9-21)28-27(34)19(5)16-23(31)26(18(3)4)29-24(32)13-14-30-20(6)7-12-25(30)33/h7-12,17-19,26H,6,13-16H2,1-5H3,(H,28,34)(H,29,32)/t19-,26+/m1/s1. The number of ketones is 1. The van der Waals surface area contributed by atoms with Crippen LogP contribution in [0.15, 0.2) is 48.7 Å². The number of benzene rings is 1. The molecule has 7 nitrogen and oxygen atoms in total. The number of hydrogen-bond acceptors (Lipinski definition) is 4. The van der Waals surface area contributed by atoms with E-state index in [1.54, 1.807) is 13.0 Å². The van der Waals surface area contributed by atoms with Gasteiger partial charge >= 0.3 is 0 Å². The second kappa shape index (κ2) is 12.3. The molecule has 184 valence electrons. The summed E-state index contributed by atoms with van der Waals surface area (Å²) in [5.74, 6) is -1.08. The second-order valence-corrected chi connectivity index (χ2v) is 9.71. The van der Waals surface area contributed by atoms with Crippen LogP contribution >= 0.6 is 0 Å². The highest BCUT2D eigenvalue weighted by Crippen LogP contribution is 2.17. The third-order valence-corrected chi connectivity index (χ3v) is 5.74. The molecule has 34 heavy (non-hydrogen) atoms. The number of Topliss-reactive ketones (excluding diaryl/α,β-unsaturated/α-hetero) is 1. The van der Waals surface area contributed by atoms with Crippen molar-refractivity contribution in [3.63, 3.8) is 0 Å². The average molecular weight is 468 g/mol. The lowest BCUT2D eigenvalue weighted by Crippen LogP contribution is -2.46. The Balaban J connectivity index is 1.87. The predicted octanol–water partition coefficient (Wildman–Crippen LogP) is 3.86. The molecule has 2 N–H and O–H groups in total. The molecule has 7 heteroatoms. The first-order valence-corrected chi connectivity index (χ1v) is 11.9. The minimum absolute atomic E-state index is 0.0196. The number of hydrogen-bond donors (Lipinski definition) is 2. The summed E-state index contributed by atoms with van der Waals surface area (Å²) in [5, 5.41) is 5.64. The van der Waals surface area contributed by atoms with Gasteiger partial charge in [-0.3, -0.25) is 19.2 Å². The molecule has 0 unspecified atom stereocenters. The summed E-state index contributed by atoms with van der Waals surface area (Å²) in [6.45, 7) is 13.7. The fraction of sp³-hybridized carbons (Fsp3) is 0.481. The molecule has 2 rings (SSSR count). The van der Waals surface area contributed by atoms with Crippen molar-refractivity contribution in [1.82, 2.24) is 10.2 Å². The Morgan fingerprint density at radius 3 is 2.18 bits per heavy atom. The monoisotopic (exact) mass is 467 g/mol. The van der Waals surface area contributed by atoms with Gasteiger partial charge in [-0.1, -0.05) is 53.3 Å². The van der Waals surface area contributed by atoms with Crippen LogP contribution in [0.1, 0.15) is 53.0 Å². The maximum atomic E-state index is 12.9. The highest BCUT2D eigenvalue weighted by Gasteiger charge is 2.28. The lowest BCUT2D eigenvalue weighted by atomic mass is 9.92. The minimum Gasteiger partial charge on any atom is -0.346 e. The van der Waals surface area contributed by atoms with Gasteiger partial charge in [0.15, 0.2) is 5.78 Å². The van der Waals surface area contributed by atoms with Crippen LogP contribution in [-0.2, 0) is 25.6 Å². The Hall–Kier alpha value is -3.22. The summed E-state index contributed by atoms with van der Waals surface area (Å²) in [6.07, 6.45) is 4.07. The molecule has 0 radical (unpaired) electrons. The average Bonchev–Trinajstić information content (AvgIpc) is 3.08. The van der Waals surface area contributed by atoms with Gasteiger partial charge in [-0.25, -0.2) is 0 Å². The zero-order valence-corrected chi connectivity index (χ0v) is 20.9. The van der Waals surface area contributed by atoms with E-state index in [9.17, 15) is 19.2 Å². The van der Waals surface area contributed by atoms with Crippen LogP contribution in [0.2, 0.25) is 0 Å². The number of amides is 3. The van der Waals surface area contributed by atoms with Gasteiger partial charge < -0.3 is 15.5 Å². The highest BCUT2D eigenvalue weighted by molar-refractivity contribution is 5.97. The van der Waals surface area contributed by atoms with Gasteiger partial charge in [0.25, 0.3) is 5.91 Å². The summed E-state index contributed by atoms with van der Waals surface area (Å²) in [6, 6.07) is 7.04. The number of nitrogens with zero attached hydrogens (tertiary/aromatic N) is 1. The van der Waals surface area contributed by atoms with Crippen LogP contribution < -0.4 is 10.6 Å². The zero-order valence-electron chi connectivity index (χ0n) is 20.9. The van der Waals surface area contributed by atoms with Crippen molar-refractivity contribution in [3.05, 3.63) is 54.3 Å². The fourth-order valence-electron chi connectivity index (χ4n) is 3.80. The highest BCUT2D eigenvalue weighted by atomic mass is 16.2. The third kappa shape index (κ3) is 7.97. The maximum absolute atomic E-state index is 12.9. The number of carbonyl (C=O) groups is 4. The Kier molecular flexibility index (Phi) is 9.78. The van der Waals surface area contributed by atoms with Crippen molar-refractivity contribution in [2.24, 2.45) is 17.8 Å². The molecule has 1 aromatic carbocycles. The lowest BCUT2D eigenvalue weighted by molar-refractivity contribution is -0.131. The van der Waals surface area contributed by atoms with Crippen molar-refractivity contribution in [2.75, 3.05) is 11.9 Å². The number of nitrogens with one attached hydrogen (secondary N) is 2. The number of allylic oxidation sites excluding steroid dienone is 1. The maximum Gasteiger partial charge on any atom is 0.251 e. The topological polar surface area (TPSA) is 95.6 Å². The van der Waals surface area contributed by atoms with Gasteiger partial charge in [-0.2, -0.15) is 0 Å². The number of anilines is 1. The Morgan fingerprint density at radius 2 is 1.65 bits per heavy atom. The molecule has 1 aromatic rings. The minimum atomic E-state index is -0.700. The lowest BCUT2D eigenvalue weighted by Gasteiger charge is -2.23. The first kappa shape index (κ1) is 27.0. The van der Waals surface area contributed by atoms with Gasteiger partial charge in [-0.15, -0.1) is 0 Å². The smallest absolute Gasteiger partial charge is 0.251 e. The molecule has 0 saturated heterocycles. The fourth-order valence-corrected chi connectivity index (χ4v) is 3.80. The molecule has 0 aliphatic carbocycles. The number of rotatable bonds is 12. The summed E-state index contributed by atoms with van der Waals surface area (Å²) < 4.78 is 0. The summed E-state index contributed by atoms with van der Waals surface area (Å²) in [5.41, 5.74) is 2.45. The van der Waals surface area contributed by atoms with Crippen molar-refractivity contribution in [2.45, 2.75) is 59.9 Å². The summed E-state index contributed by atoms with van der Waals surface area (Å²) in [7, 11) is 0. The van der Waals surface area contributed by atoms with E-state index in [0.717, 1.165) is 6.42 Å². The largest absolute Gasteiger partial charge is 0.346 e. The van der Waals surface area contributed by atoms with E-state index >= 15 is 0 Å². The van der Waals surface area contributed by atoms with Gasteiger partial charge in [0.1, 0.15) is 0 Å². The molecule has 0 saturated carbocycles. The summed E-state index contributed by atoms with van der Waals surface area (Å²) >= 11 is 0. The quantitative estimate of drug-likeness (QED) is 0.488. The van der Waals surface area contributed by atoms with Crippen molar-refractivity contribution in [1.29, 1.82) is 0 Å². The second-order valence-electron chi connectivity index (χ2n) is 9.71. The Morgan fingerprint density at radius 1 is 1.00 bits per heavy atom. The van der Waals surface area contributed by atoms with E-state index in [4.69, 9.17) is 0 Å². The Bertz CT molecular complexity index is 929. The van der Waals surface area contributed by atoms with E-state index < -0.39 is 12.0 Å². The SMILES string of the molecule is C=C1C=CC(=O)N1CCC(=O)N[C@H](C(=O)C[C@@H](C)C(=O)Nc1ccc(CC(C)C)cc1)C(C)C. The molecule has 1 aliphatic rings. The normalized spacial score (nSPS) is 15.1. The zero-order chi connectivity index (χ0) is 25.4. The number of carbonyl (C=O) groups excluding carboxylic acids is 4. The molecule has 1 heterocycles. The van der Waals surface area contributed by atoms with Gasteiger partial charge in [-0.05, 0) is 42.0 Å².